The van der Waals surface area contributed by atoms with Gasteiger partial charge in [0.2, 0.25) is 10.0 Å². The summed E-state index contributed by atoms with van der Waals surface area (Å²) in [6.07, 6.45) is 2.12. The van der Waals surface area contributed by atoms with Gasteiger partial charge >= 0.3 is 11.8 Å². The van der Waals surface area contributed by atoms with Crippen molar-refractivity contribution < 1.29 is 18.0 Å². The van der Waals surface area contributed by atoms with Crippen molar-refractivity contribution in [1.82, 2.24) is 14.9 Å². The zero-order valence-corrected chi connectivity index (χ0v) is 16.4. The molecule has 144 valence electrons. The summed E-state index contributed by atoms with van der Waals surface area (Å²) >= 11 is 0. The summed E-state index contributed by atoms with van der Waals surface area (Å²) in [5.41, 5.74) is 1.58. The summed E-state index contributed by atoms with van der Waals surface area (Å²) in [6.45, 7) is 6.50. The Kier molecular flexibility index (Phi) is 6.77. The Morgan fingerprint density at radius 3 is 2.58 bits per heavy atom. The van der Waals surface area contributed by atoms with Crippen molar-refractivity contribution in [3.05, 3.63) is 29.3 Å². The smallest absolute Gasteiger partial charge is 0.309 e. The fourth-order valence-electron chi connectivity index (χ4n) is 3.05. The van der Waals surface area contributed by atoms with Crippen LogP contribution in [0.2, 0.25) is 0 Å². The zero-order chi connectivity index (χ0) is 19.3. The van der Waals surface area contributed by atoms with Gasteiger partial charge in [-0.2, -0.15) is 4.31 Å². The van der Waals surface area contributed by atoms with E-state index in [-0.39, 0.29) is 12.6 Å². The third kappa shape index (κ3) is 4.62. The predicted molar refractivity (Wildman–Crippen MR) is 99.1 cm³/mol. The summed E-state index contributed by atoms with van der Waals surface area (Å²) in [4.78, 5) is 23.8. The van der Waals surface area contributed by atoms with E-state index >= 15 is 0 Å². The largest absolute Gasteiger partial charge is 0.348 e. The maximum atomic E-state index is 13.1. The molecule has 2 amide bonds. The molecule has 0 saturated carbocycles. The minimum Gasteiger partial charge on any atom is -0.348 e. The SMILES string of the molecule is CCCNC(=O)C(=O)NC[C@H]1CCCN1S(=O)(=O)c1cc(C)ccc1C. The van der Waals surface area contributed by atoms with Gasteiger partial charge < -0.3 is 10.6 Å². The first kappa shape index (κ1) is 20.4. The van der Waals surface area contributed by atoms with Crippen molar-refractivity contribution in [3.63, 3.8) is 0 Å². The Hall–Kier alpha value is -1.93. The van der Waals surface area contributed by atoms with E-state index in [0.717, 1.165) is 18.4 Å². The number of nitrogens with one attached hydrogen (secondary N) is 2. The molecule has 0 aromatic heterocycles. The Balaban J connectivity index is 2.08. The molecule has 0 bridgehead atoms. The third-order valence-electron chi connectivity index (χ3n) is 4.49. The van der Waals surface area contributed by atoms with Crippen molar-refractivity contribution in [1.29, 1.82) is 0 Å². The first-order valence-corrected chi connectivity index (χ1v) is 10.4. The Bertz CT molecular complexity index is 777. The number of rotatable bonds is 6. The van der Waals surface area contributed by atoms with Crippen LogP contribution in [0, 0.1) is 13.8 Å². The molecule has 2 N–H and O–H groups in total. The van der Waals surface area contributed by atoms with E-state index < -0.39 is 21.8 Å². The summed E-state index contributed by atoms with van der Waals surface area (Å²) in [6, 6.07) is 5.01. The molecule has 1 saturated heterocycles. The number of amides is 2. The molecule has 26 heavy (non-hydrogen) atoms. The van der Waals surface area contributed by atoms with Crippen LogP contribution < -0.4 is 10.6 Å². The second-order valence-electron chi connectivity index (χ2n) is 6.65. The van der Waals surface area contributed by atoms with Crippen molar-refractivity contribution >= 4 is 21.8 Å². The third-order valence-corrected chi connectivity index (χ3v) is 6.59. The number of hydrogen-bond acceptors (Lipinski definition) is 4. The van der Waals surface area contributed by atoms with E-state index in [1.165, 1.54) is 4.31 Å². The molecule has 1 aliphatic rings. The number of nitrogens with zero attached hydrogens (tertiary/aromatic N) is 1. The minimum atomic E-state index is -3.64. The van der Waals surface area contributed by atoms with E-state index in [1.807, 2.05) is 19.9 Å². The molecule has 1 atom stereocenters. The van der Waals surface area contributed by atoms with Gasteiger partial charge in [0.1, 0.15) is 0 Å². The lowest BCUT2D eigenvalue weighted by Gasteiger charge is -2.25. The minimum absolute atomic E-state index is 0.127. The molecular formula is C18H27N3O4S. The number of sulfonamides is 1. The molecule has 1 aliphatic heterocycles. The van der Waals surface area contributed by atoms with Gasteiger partial charge in [0.05, 0.1) is 4.90 Å². The lowest BCUT2D eigenvalue weighted by atomic mass is 10.2. The summed E-state index contributed by atoms with van der Waals surface area (Å²) in [7, 11) is -3.64. The van der Waals surface area contributed by atoms with Crippen molar-refractivity contribution in [2.75, 3.05) is 19.6 Å². The normalized spacial score (nSPS) is 17.9. The molecular weight excluding hydrogens is 354 g/mol. The van der Waals surface area contributed by atoms with E-state index in [4.69, 9.17) is 0 Å². The zero-order valence-electron chi connectivity index (χ0n) is 15.5. The summed E-state index contributed by atoms with van der Waals surface area (Å²) in [5.74, 6) is -1.41. The summed E-state index contributed by atoms with van der Waals surface area (Å²) < 4.78 is 27.6. The van der Waals surface area contributed by atoms with Gasteiger partial charge in [-0.05, 0) is 50.3 Å². The van der Waals surface area contributed by atoms with Crippen LogP contribution in [0.15, 0.2) is 23.1 Å². The predicted octanol–water partition coefficient (Wildman–Crippen LogP) is 1.10. The Labute approximate surface area is 155 Å². The molecule has 1 heterocycles. The Morgan fingerprint density at radius 2 is 1.88 bits per heavy atom. The average Bonchev–Trinajstić information content (AvgIpc) is 3.08. The van der Waals surface area contributed by atoms with Crippen LogP contribution in [0.1, 0.15) is 37.3 Å². The maximum absolute atomic E-state index is 13.1. The lowest BCUT2D eigenvalue weighted by Crippen LogP contribution is -2.47. The van der Waals surface area contributed by atoms with Crippen LogP contribution in [0.4, 0.5) is 0 Å². The lowest BCUT2D eigenvalue weighted by molar-refractivity contribution is -0.139. The van der Waals surface area contributed by atoms with Gasteiger partial charge in [0.15, 0.2) is 0 Å². The topological polar surface area (TPSA) is 95.6 Å². The van der Waals surface area contributed by atoms with Gasteiger partial charge in [0.25, 0.3) is 0 Å². The summed E-state index contributed by atoms with van der Waals surface area (Å²) in [5, 5.41) is 5.06. The van der Waals surface area contributed by atoms with Crippen molar-refractivity contribution in [3.8, 4) is 0 Å². The molecule has 0 aliphatic carbocycles. The molecule has 1 aromatic rings. The first-order chi connectivity index (χ1) is 12.3. The van der Waals surface area contributed by atoms with Crippen LogP contribution in [0.5, 0.6) is 0 Å². The fourth-order valence-corrected chi connectivity index (χ4v) is 5.06. The number of hydrogen-bond donors (Lipinski definition) is 2. The molecule has 1 fully saturated rings. The molecule has 0 unspecified atom stereocenters. The monoisotopic (exact) mass is 381 g/mol. The highest BCUT2D eigenvalue weighted by molar-refractivity contribution is 7.89. The number of benzene rings is 1. The van der Waals surface area contributed by atoms with Crippen LogP contribution >= 0.6 is 0 Å². The Morgan fingerprint density at radius 1 is 1.19 bits per heavy atom. The standard InChI is InChI=1S/C18H27N3O4S/c1-4-9-19-17(22)18(23)20-12-15-6-5-10-21(15)26(24,25)16-11-13(2)7-8-14(16)3/h7-8,11,15H,4-6,9-10,12H2,1-3H3,(H,19,22)(H,20,23)/t15-/m1/s1. The molecule has 1 aromatic carbocycles. The van der Waals surface area contributed by atoms with Crippen LogP contribution in [0.25, 0.3) is 0 Å². The maximum Gasteiger partial charge on any atom is 0.309 e. The second kappa shape index (κ2) is 8.64. The second-order valence-corrected chi connectivity index (χ2v) is 8.51. The van der Waals surface area contributed by atoms with Crippen LogP contribution in [-0.4, -0.2) is 50.2 Å². The van der Waals surface area contributed by atoms with E-state index in [1.54, 1.807) is 19.1 Å². The molecule has 7 nitrogen and oxygen atoms in total. The van der Waals surface area contributed by atoms with Gasteiger partial charge in [0, 0.05) is 25.7 Å². The average molecular weight is 381 g/mol. The quantitative estimate of drug-likeness (QED) is 0.721. The number of carbonyl (C=O) groups excluding carboxylic acids is 2. The van der Waals surface area contributed by atoms with Gasteiger partial charge in [-0.25, -0.2) is 8.42 Å². The number of aryl methyl sites for hydroxylation is 2. The van der Waals surface area contributed by atoms with Gasteiger partial charge in [-0.15, -0.1) is 0 Å². The molecule has 2 rings (SSSR count). The fraction of sp³-hybridized carbons (Fsp3) is 0.556. The first-order valence-electron chi connectivity index (χ1n) is 8.92. The highest BCUT2D eigenvalue weighted by Gasteiger charge is 2.36. The van der Waals surface area contributed by atoms with E-state index in [0.29, 0.717) is 30.0 Å². The molecule has 0 spiro atoms. The van der Waals surface area contributed by atoms with Crippen LogP contribution in [0.3, 0.4) is 0 Å². The highest BCUT2D eigenvalue weighted by atomic mass is 32.2. The van der Waals surface area contributed by atoms with Crippen molar-refractivity contribution in [2.24, 2.45) is 0 Å². The van der Waals surface area contributed by atoms with E-state index in [2.05, 4.69) is 10.6 Å². The van der Waals surface area contributed by atoms with E-state index in [9.17, 15) is 18.0 Å². The number of carbonyl (C=O) groups is 2. The van der Waals surface area contributed by atoms with Gasteiger partial charge in [-0.1, -0.05) is 19.1 Å². The molecule has 0 radical (unpaired) electrons. The highest BCUT2D eigenvalue weighted by Crippen LogP contribution is 2.28. The molecule has 8 heteroatoms. The van der Waals surface area contributed by atoms with Crippen molar-refractivity contribution in [2.45, 2.75) is 51.0 Å². The van der Waals surface area contributed by atoms with Crippen LogP contribution in [-0.2, 0) is 19.6 Å². The van der Waals surface area contributed by atoms with Gasteiger partial charge in [-0.3, -0.25) is 9.59 Å².